The van der Waals surface area contributed by atoms with Crippen molar-refractivity contribution >= 4 is 17.1 Å². The van der Waals surface area contributed by atoms with E-state index in [0.29, 0.717) is 0 Å². The fourth-order valence-corrected chi connectivity index (χ4v) is 2.89. The molecule has 0 fully saturated rings. The first-order chi connectivity index (χ1) is 9.08. The third-order valence-corrected chi connectivity index (χ3v) is 3.59. The monoisotopic (exact) mass is 250 g/mol. The molecule has 0 atom stereocenters. The van der Waals surface area contributed by atoms with Crippen LogP contribution in [0.1, 0.15) is 16.7 Å². The number of fused-ring (bicyclic) bond motifs is 1. The molecule has 0 saturated carbocycles. The fraction of sp³-hybridized carbons (Fsp3) is 0.235. The van der Waals surface area contributed by atoms with E-state index in [2.05, 4.69) is 68.7 Å². The summed E-state index contributed by atoms with van der Waals surface area (Å²) in [6.07, 6.45) is 0. The van der Waals surface area contributed by atoms with E-state index in [4.69, 9.17) is 0 Å². The van der Waals surface area contributed by atoms with E-state index in [-0.39, 0.29) is 0 Å². The molecule has 0 aromatic heterocycles. The summed E-state index contributed by atoms with van der Waals surface area (Å²) in [4.78, 5) is 4.22. The number of nitrogens with zero attached hydrogens (tertiary/aromatic N) is 2. The Bertz CT molecular complexity index is 608. The molecule has 96 valence electrons. The van der Waals surface area contributed by atoms with Crippen molar-refractivity contribution in [1.82, 2.24) is 0 Å². The first-order valence-corrected chi connectivity index (χ1v) is 6.55. The van der Waals surface area contributed by atoms with Crippen LogP contribution < -0.4 is 9.80 Å². The van der Waals surface area contributed by atoms with E-state index < -0.39 is 0 Å². The van der Waals surface area contributed by atoms with Crippen LogP contribution in [0.25, 0.3) is 0 Å². The molecule has 2 nitrogen and oxygen atoms in total. The molecule has 0 unspecified atom stereocenters. The quantitative estimate of drug-likeness (QED) is 0.748. The average Bonchev–Trinajstić information content (AvgIpc) is 2.67. The molecule has 0 amide bonds. The van der Waals surface area contributed by atoms with Crippen molar-refractivity contribution in [2.45, 2.75) is 20.8 Å². The minimum absolute atomic E-state index is 1.19. The highest BCUT2D eigenvalue weighted by Crippen LogP contribution is 2.43. The molecule has 2 aromatic rings. The molecule has 2 aromatic carbocycles. The molecule has 0 N–H and O–H groups in total. The Morgan fingerprint density at radius 3 is 2.11 bits per heavy atom. The summed E-state index contributed by atoms with van der Waals surface area (Å²) in [6.45, 7) is 9.87. The third kappa shape index (κ3) is 1.88. The van der Waals surface area contributed by atoms with Gasteiger partial charge in [-0.3, -0.25) is 0 Å². The van der Waals surface area contributed by atoms with Crippen LogP contribution in [0.3, 0.4) is 0 Å². The van der Waals surface area contributed by atoms with Gasteiger partial charge < -0.3 is 9.80 Å². The van der Waals surface area contributed by atoms with Crippen molar-refractivity contribution in [1.29, 1.82) is 0 Å². The molecular formula is C17H18N2. The first kappa shape index (κ1) is 12.1. The Morgan fingerprint density at radius 1 is 0.895 bits per heavy atom. The lowest BCUT2D eigenvalue weighted by molar-refractivity contribution is 1.06. The average molecular weight is 250 g/mol. The van der Waals surface area contributed by atoms with Gasteiger partial charge in [0.05, 0.1) is 11.4 Å². The molecule has 0 aliphatic carbocycles. The van der Waals surface area contributed by atoms with Gasteiger partial charge in [0.1, 0.15) is 0 Å². The van der Waals surface area contributed by atoms with Crippen LogP contribution >= 0.6 is 0 Å². The lowest BCUT2D eigenvalue weighted by Crippen LogP contribution is -2.19. The van der Waals surface area contributed by atoms with Crippen molar-refractivity contribution in [3.05, 3.63) is 59.8 Å². The Labute approximate surface area is 115 Å². The highest BCUT2D eigenvalue weighted by molar-refractivity contribution is 5.86. The molecule has 19 heavy (non-hydrogen) atoms. The maximum absolute atomic E-state index is 3.40. The minimum atomic E-state index is 1.19. The summed E-state index contributed by atoms with van der Waals surface area (Å²) in [5.41, 5.74) is 7.51. The van der Waals surface area contributed by atoms with E-state index >= 15 is 0 Å². The summed E-state index contributed by atoms with van der Waals surface area (Å²) >= 11 is 0. The van der Waals surface area contributed by atoms with E-state index in [9.17, 15) is 0 Å². The summed E-state index contributed by atoms with van der Waals surface area (Å²) in [6, 6.07) is 12.9. The molecule has 3 rings (SSSR count). The van der Waals surface area contributed by atoms with Crippen molar-refractivity contribution in [2.24, 2.45) is 0 Å². The van der Waals surface area contributed by atoms with Crippen LogP contribution in [0.4, 0.5) is 17.1 Å². The number of hydrogen-bond acceptors (Lipinski definition) is 2. The normalized spacial score (nSPS) is 13.9. The largest absolute Gasteiger partial charge is 0.342 e. The summed E-state index contributed by atoms with van der Waals surface area (Å²) < 4.78 is 0. The van der Waals surface area contributed by atoms with Crippen LogP contribution in [0.15, 0.2) is 36.4 Å². The molecule has 1 heterocycles. The van der Waals surface area contributed by atoms with Gasteiger partial charge in [0.15, 0.2) is 0 Å². The molecule has 0 saturated heterocycles. The number of hydrogen-bond donors (Lipinski definition) is 0. The SMILES string of the molecule is Cc1cc(C)c(N2[C]N(C)c3ccccc32)c(C)c1. The van der Waals surface area contributed by atoms with Gasteiger partial charge in [0.25, 0.3) is 0 Å². The summed E-state index contributed by atoms with van der Waals surface area (Å²) in [5.74, 6) is 0. The number of benzene rings is 2. The second kappa shape index (κ2) is 4.30. The lowest BCUT2D eigenvalue weighted by Gasteiger charge is -2.22. The predicted molar refractivity (Wildman–Crippen MR) is 80.9 cm³/mol. The number of para-hydroxylation sites is 2. The van der Waals surface area contributed by atoms with E-state index in [1.54, 1.807) is 0 Å². The van der Waals surface area contributed by atoms with E-state index in [0.717, 1.165) is 0 Å². The lowest BCUT2D eigenvalue weighted by atomic mass is 10.0. The van der Waals surface area contributed by atoms with Crippen LogP contribution in [-0.2, 0) is 0 Å². The second-order valence-corrected chi connectivity index (χ2v) is 5.23. The van der Waals surface area contributed by atoms with Gasteiger partial charge in [0.2, 0.25) is 6.67 Å². The zero-order valence-electron chi connectivity index (χ0n) is 11.9. The first-order valence-electron chi connectivity index (χ1n) is 6.55. The van der Waals surface area contributed by atoms with Gasteiger partial charge in [-0.1, -0.05) is 29.8 Å². The van der Waals surface area contributed by atoms with Crippen LogP contribution in [0.5, 0.6) is 0 Å². The Balaban J connectivity index is 2.15. The summed E-state index contributed by atoms with van der Waals surface area (Å²) in [5, 5.41) is 0. The van der Waals surface area contributed by atoms with Crippen molar-refractivity contribution in [3.8, 4) is 0 Å². The van der Waals surface area contributed by atoms with Gasteiger partial charge in [-0.25, -0.2) is 0 Å². The highest BCUT2D eigenvalue weighted by atomic mass is 15.4. The fourth-order valence-electron chi connectivity index (χ4n) is 2.89. The molecule has 1 aliphatic rings. The van der Waals surface area contributed by atoms with Gasteiger partial charge in [-0.2, -0.15) is 0 Å². The topological polar surface area (TPSA) is 6.48 Å². The molecular weight excluding hydrogens is 232 g/mol. The Kier molecular flexibility index (Phi) is 2.74. The maximum atomic E-state index is 3.40. The van der Waals surface area contributed by atoms with Crippen LogP contribution in [0, 0.1) is 27.4 Å². The van der Waals surface area contributed by atoms with Gasteiger partial charge in [-0.05, 0) is 44.0 Å². The minimum Gasteiger partial charge on any atom is -0.342 e. The van der Waals surface area contributed by atoms with Crippen molar-refractivity contribution < 1.29 is 0 Å². The Morgan fingerprint density at radius 2 is 1.47 bits per heavy atom. The third-order valence-electron chi connectivity index (χ3n) is 3.59. The van der Waals surface area contributed by atoms with Gasteiger partial charge in [0, 0.05) is 12.7 Å². The van der Waals surface area contributed by atoms with E-state index in [1.807, 2.05) is 11.9 Å². The highest BCUT2D eigenvalue weighted by Gasteiger charge is 2.27. The Hall–Kier alpha value is -1.96. The molecule has 1 aliphatic heterocycles. The molecule has 0 bridgehead atoms. The van der Waals surface area contributed by atoms with Gasteiger partial charge >= 0.3 is 0 Å². The number of aryl methyl sites for hydroxylation is 3. The zero-order chi connectivity index (χ0) is 13.6. The molecule has 2 heteroatoms. The summed E-state index contributed by atoms with van der Waals surface area (Å²) in [7, 11) is 2.04. The standard InChI is InChI=1S/C17H18N2/c1-12-9-13(2)17(14(3)10-12)19-11-18(4)15-7-5-6-8-16(15)19/h5-10H,1-4H3. The molecule has 0 spiro atoms. The number of anilines is 3. The predicted octanol–water partition coefficient (Wildman–Crippen LogP) is 4.20. The van der Waals surface area contributed by atoms with Crippen LogP contribution in [0.2, 0.25) is 0 Å². The number of rotatable bonds is 1. The van der Waals surface area contributed by atoms with Crippen LogP contribution in [-0.4, -0.2) is 7.05 Å². The van der Waals surface area contributed by atoms with Crippen molar-refractivity contribution in [2.75, 3.05) is 16.8 Å². The van der Waals surface area contributed by atoms with E-state index in [1.165, 1.54) is 33.8 Å². The smallest absolute Gasteiger partial charge is 0.213 e. The van der Waals surface area contributed by atoms with Crippen molar-refractivity contribution in [3.63, 3.8) is 0 Å². The molecule has 2 radical (unpaired) electrons. The zero-order valence-corrected chi connectivity index (χ0v) is 11.9. The van der Waals surface area contributed by atoms with Gasteiger partial charge in [-0.15, -0.1) is 0 Å². The second-order valence-electron chi connectivity index (χ2n) is 5.23. The maximum Gasteiger partial charge on any atom is 0.213 e.